The first-order valence-electron chi connectivity index (χ1n) is 11.4. The zero-order chi connectivity index (χ0) is 22.8. The normalized spacial score (nSPS) is 21.6. The molecule has 2 amide bonds. The number of hydrogen-bond donors (Lipinski definition) is 2. The van der Waals surface area contributed by atoms with Crippen molar-refractivity contribution in [3.05, 3.63) is 59.2 Å². The minimum absolute atomic E-state index is 0.0227. The lowest BCUT2D eigenvalue weighted by Gasteiger charge is -2.36. The summed E-state index contributed by atoms with van der Waals surface area (Å²) in [6.45, 7) is 5.94. The molecule has 1 saturated carbocycles. The lowest BCUT2D eigenvalue weighted by molar-refractivity contribution is -0.126. The number of carbonyl (C=O) groups excluding carboxylic acids is 2. The number of aliphatic imine (C=N–C) groups is 1. The number of benzene rings is 2. The average molecular weight is 434 g/mol. The Kier molecular flexibility index (Phi) is 6.31. The van der Waals surface area contributed by atoms with Gasteiger partial charge in [0.25, 0.3) is 5.91 Å². The average Bonchev–Trinajstić information content (AvgIpc) is 3.10. The second kappa shape index (κ2) is 9.15. The van der Waals surface area contributed by atoms with E-state index >= 15 is 0 Å². The van der Waals surface area contributed by atoms with Crippen molar-refractivity contribution < 1.29 is 14.7 Å². The minimum Gasteiger partial charge on any atom is -0.508 e. The van der Waals surface area contributed by atoms with Crippen LogP contribution in [0.15, 0.2) is 47.5 Å². The van der Waals surface area contributed by atoms with E-state index in [4.69, 9.17) is 0 Å². The van der Waals surface area contributed by atoms with Crippen molar-refractivity contribution in [2.24, 2.45) is 10.9 Å². The molecule has 1 fully saturated rings. The number of amides is 2. The molecular weight excluding hydrogens is 402 g/mol. The summed E-state index contributed by atoms with van der Waals surface area (Å²) in [5.41, 5.74) is 3.63. The van der Waals surface area contributed by atoms with Crippen LogP contribution >= 0.6 is 0 Å². The number of nitrogens with zero attached hydrogens (tertiary/aromatic N) is 2. The molecule has 4 rings (SSSR count). The Morgan fingerprint density at radius 1 is 1.06 bits per heavy atom. The molecule has 0 atom stereocenters. The zero-order valence-corrected chi connectivity index (χ0v) is 19.0. The Balaban J connectivity index is 1.57. The van der Waals surface area contributed by atoms with Gasteiger partial charge in [-0.15, -0.1) is 0 Å². The van der Waals surface area contributed by atoms with Crippen LogP contribution in [0.5, 0.6) is 5.75 Å². The van der Waals surface area contributed by atoms with E-state index in [1.807, 2.05) is 39.0 Å². The summed E-state index contributed by atoms with van der Waals surface area (Å²) in [6, 6.07) is 13.0. The molecule has 0 saturated heterocycles. The molecule has 32 heavy (non-hydrogen) atoms. The zero-order valence-electron chi connectivity index (χ0n) is 19.0. The summed E-state index contributed by atoms with van der Waals surface area (Å²) in [6.07, 6.45) is 3.83. The number of nitrogens with one attached hydrogen (secondary N) is 1. The SMILES string of the molecule is Cc1ccc(C(=O)N=C2Cc3ccc(O)cc3N2C2CCC(C(=O)NC(C)C)CC2)cc1. The van der Waals surface area contributed by atoms with E-state index < -0.39 is 0 Å². The number of carbonyl (C=O) groups is 2. The summed E-state index contributed by atoms with van der Waals surface area (Å²) in [5, 5.41) is 13.1. The number of amidine groups is 1. The van der Waals surface area contributed by atoms with Crippen LogP contribution in [0.4, 0.5) is 5.69 Å². The first-order chi connectivity index (χ1) is 15.3. The second-order valence-electron chi connectivity index (χ2n) is 9.23. The lowest BCUT2D eigenvalue weighted by atomic mass is 9.84. The number of aromatic hydroxyl groups is 1. The van der Waals surface area contributed by atoms with Gasteiger partial charge in [-0.3, -0.25) is 9.59 Å². The highest BCUT2D eigenvalue weighted by molar-refractivity contribution is 6.12. The molecule has 1 aliphatic carbocycles. The predicted molar refractivity (Wildman–Crippen MR) is 126 cm³/mol. The molecule has 0 spiro atoms. The fraction of sp³-hybridized carbons (Fsp3) is 0.423. The number of rotatable bonds is 4. The minimum atomic E-state index is -0.257. The molecule has 0 aromatic heterocycles. The highest BCUT2D eigenvalue weighted by Crippen LogP contribution is 2.39. The summed E-state index contributed by atoms with van der Waals surface area (Å²) in [5.74, 6) is 0.805. The van der Waals surface area contributed by atoms with Gasteiger partial charge in [-0.05, 0) is 70.2 Å². The Morgan fingerprint density at radius 2 is 1.75 bits per heavy atom. The van der Waals surface area contributed by atoms with Crippen molar-refractivity contribution in [2.75, 3.05) is 4.90 Å². The van der Waals surface area contributed by atoms with Crippen LogP contribution in [0.2, 0.25) is 0 Å². The molecule has 0 bridgehead atoms. The molecule has 2 aliphatic rings. The molecular formula is C26H31N3O3. The van der Waals surface area contributed by atoms with E-state index in [-0.39, 0.29) is 35.6 Å². The number of hydrogen-bond acceptors (Lipinski definition) is 3. The van der Waals surface area contributed by atoms with Crippen LogP contribution in [0.3, 0.4) is 0 Å². The monoisotopic (exact) mass is 433 g/mol. The van der Waals surface area contributed by atoms with Gasteiger partial charge in [0.15, 0.2) is 0 Å². The Labute approximate surface area is 189 Å². The van der Waals surface area contributed by atoms with Crippen LogP contribution in [0, 0.1) is 12.8 Å². The molecule has 2 aromatic rings. The first-order valence-corrected chi connectivity index (χ1v) is 11.4. The van der Waals surface area contributed by atoms with Crippen LogP contribution < -0.4 is 10.2 Å². The van der Waals surface area contributed by atoms with E-state index in [9.17, 15) is 14.7 Å². The first kappa shape index (κ1) is 22.1. The molecule has 2 N–H and O–H groups in total. The third-order valence-corrected chi connectivity index (χ3v) is 6.35. The number of aryl methyl sites for hydroxylation is 1. The molecule has 0 radical (unpaired) electrons. The Hall–Kier alpha value is -3.15. The van der Waals surface area contributed by atoms with E-state index in [0.29, 0.717) is 17.8 Å². The summed E-state index contributed by atoms with van der Waals surface area (Å²) in [4.78, 5) is 32.0. The predicted octanol–water partition coefficient (Wildman–Crippen LogP) is 4.39. The second-order valence-corrected chi connectivity index (χ2v) is 9.23. The summed E-state index contributed by atoms with van der Waals surface area (Å²) < 4.78 is 0. The largest absolute Gasteiger partial charge is 0.508 e. The third kappa shape index (κ3) is 4.69. The van der Waals surface area contributed by atoms with Crippen LogP contribution in [-0.2, 0) is 11.2 Å². The molecule has 1 aliphatic heterocycles. The number of phenolic OH excluding ortho intramolecular Hbond substituents is 1. The van der Waals surface area contributed by atoms with E-state index in [2.05, 4.69) is 15.2 Å². The van der Waals surface area contributed by atoms with E-state index in [0.717, 1.165) is 42.5 Å². The summed E-state index contributed by atoms with van der Waals surface area (Å²) in [7, 11) is 0. The fourth-order valence-electron chi connectivity index (χ4n) is 4.70. The van der Waals surface area contributed by atoms with Crippen molar-refractivity contribution in [2.45, 2.75) is 65.0 Å². The van der Waals surface area contributed by atoms with Crippen LogP contribution in [0.25, 0.3) is 0 Å². The quantitative estimate of drug-likeness (QED) is 0.749. The van der Waals surface area contributed by atoms with Gasteiger partial charge >= 0.3 is 0 Å². The number of phenols is 1. The van der Waals surface area contributed by atoms with Gasteiger partial charge in [0.1, 0.15) is 11.6 Å². The van der Waals surface area contributed by atoms with E-state index in [1.165, 1.54) is 0 Å². The van der Waals surface area contributed by atoms with Gasteiger partial charge in [-0.2, -0.15) is 4.99 Å². The number of anilines is 1. The standard InChI is InChI=1S/C26H31N3O3/c1-16(2)27-25(31)19-8-11-21(12-9-19)29-23-15-22(30)13-10-20(23)14-24(29)28-26(32)18-6-4-17(3)5-7-18/h4-7,10,13,15-16,19,21,30H,8-9,11-12,14H2,1-3H3,(H,27,31). The molecule has 1 heterocycles. The molecule has 0 unspecified atom stereocenters. The van der Waals surface area contributed by atoms with Gasteiger partial charge in [0.05, 0.1) is 0 Å². The van der Waals surface area contributed by atoms with Crippen LogP contribution in [-0.4, -0.2) is 34.8 Å². The van der Waals surface area contributed by atoms with E-state index in [1.54, 1.807) is 24.3 Å². The van der Waals surface area contributed by atoms with Gasteiger partial charge < -0.3 is 15.3 Å². The van der Waals surface area contributed by atoms with Crippen molar-refractivity contribution in [1.82, 2.24) is 5.32 Å². The van der Waals surface area contributed by atoms with Gasteiger partial charge in [0, 0.05) is 41.7 Å². The van der Waals surface area contributed by atoms with Crippen molar-refractivity contribution in [3.8, 4) is 5.75 Å². The Bertz CT molecular complexity index is 1030. The molecule has 6 heteroatoms. The highest BCUT2D eigenvalue weighted by atomic mass is 16.3. The molecule has 168 valence electrons. The van der Waals surface area contributed by atoms with Crippen molar-refractivity contribution in [1.29, 1.82) is 0 Å². The highest BCUT2D eigenvalue weighted by Gasteiger charge is 2.36. The van der Waals surface area contributed by atoms with Gasteiger partial charge in [0.2, 0.25) is 5.91 Å². The van der Waals surface area contributed by atoms with Crippen molar-refractivity contribution >= 4 is 23.3 Å². The maximum Gasteiger partial charge on any atom is 0.278 e. The topological polar surface area (TPSA) is 82.0 Å². The van der Waals surface area contributed by atoms with Gasteiger partial charge in [-0.1, -0.05) is 23.8 Å². The third-order valence-electron chi connectivity index (χ3n) is 6.35. The van der Waals surface area contributed by atoms with Crippen LogP contribution in [0.1, 0.15) is 61.0 Å². The molecule has 2 aromatic carbocycles. The maximum atomic E-state index is 12.9. The maximum absolute atomic E-state index is 12.9. The van der Waals surface area contributed by atoms with Gasteiger partial charge in [-0.25, -0.2) is 0 Å². The number of fused-ring (bicyclic) bond motifs is 1. The summed E-state index contributed by atoms with van der Waals surface area (Å²) >= 11 is 0. The smallest absolute Gasteiger partial charge is 0.278 e. The lowest BCUT2D eigenvalue weighted by Crippen LogP contribution is -2.44. The molecule has 6 nitrogen and oxygen atoms in total. The fourth-order valence-corrected chi connectivity index (χ4v) is 4.70. The van der Waals surface area contributed by atoms with Crippen molar-refractivity contribution in [3.63, 3.8) is 0 Å². The Morgan fingerprint density at radius 3 is 2.41 bits per heavy atom.